The molecular formula is C21H19F3N4O3. The second kappa shape index (κ2) is 7.93. The highest BCUT2D eigenvalue weighted by molar-refractivity contribution is 6.02. The van der Waals surface area contributed by atoms with Crippen molar-refractivity contribution in [2.75, 3.05) is 5.32 Å². The standard InChI is InChI=1S/C21H19F3N4O3/c22-21(23,24)14-7-4-12(5-8-14)13-6-9-15(10-13)26-19(29)27-17-2-1-3-18-16(17)11-25-28(18)20(30)31/h1-5,7-8,11,13,15H,6,9-10H2,(H,30,31)(H2,26,27,29). The number of nitrogens with one attached hydrogen (secondary N) is 2. The molecule has 1 aliphatic rings. The molecule has 10 heteroatoms. The van der Waals surface area contributed by atoms with E-state index in [1.165, 1.54) is 18.3 Å². The minimum atomic E-state index is -4.36. The Balaban J connectivity index is 1.38. The van der Waals surface area contributed by atoms with Crippen LogP contribution >= 0.6 is 0 Å². The van der Waals surface area contributed by atoms with E-state index in [-0.39, 0.29) is 12.0 Å². The molecule has 2 aromatic carbocycles. The zero-order valence-electron chi connectivity index (χ0n) is 16.2. The first-order valence-electron chi connectivity index (χ1n) is 9.67. The lowest BCUT2D eigenvalue weighted by atomic mass is 9.96. The zero-order chi connectivity index (χ0) is 22.2. The van der Waals surface area contributed by atoms with Crippen LogP contribution < -0.4 is 10.6 Å². The third-order valence-corrected chi connectivity index (χ3v) is 5.52. The number of carboxylic acid groups (broad SMARTS) is 1. The van der Waals surface area contributed by atoms with Crippen LogP contribution in [0.25, 0.3) is 10.9 Å². The van der Waals surface area contributed by atoms with Gasteiger partial charge in [-0.25, -0.2) is 9.59 Å². The van der Waals surface area contributed by atoms with Crippen LogP contribution in [0.3, 0.4) is 0 Å². The number of urea groups is 1. The largest absolute Gasteiger partial charge is 0.463 e. The highest BCUT2D eigenvalue weighted by Crippen LogP contribution is 2.36. The van der Waals surface area contributed by atoms with Gasteiger partial charge in [-0.05, 0) is 55.0 Å². The monoisotopic (exact) mass is 432 g/mol. The molecule has 2 amide bonds. The lowest BCUT2D eigenvalue weighted by Gasteiger charge is -2.15. The smallest absolute Gasteiger partial charge is 0.432 e. The molecule has 0 bridgehead atoms. The van der Waals surface area contributed by atoms with Gasteiger partial charge in [0.05, 0.1) is 23.0 Å². The number of amides is 2. The SMILES string of the molecule is O=C(Nc1cccc2c1cnn2C(=O)O)NC1CCC(c2ccc(C(F)(F)F)cc2)C1. The van der Waals surface area contributed by atoms with Crippen molar-refractivity contribution in [3.63, 3.8) is 0 Å². The van der Waals surface area contributed by atoms with Crippen LogP contribution in [0.15, 0.2) is 48.7 Å². The number of fused-ring (bicyclic) bond motifs is 1. The van der Waals surface area contributed by atoms with Gasteiger partial charge in [0.15, 0.2) is 0 Å². The molecule has 7 nitrogen and oxygen atoms in total. The van der Waals surface area contributed by atoms with Gasteiger partial charge >= 0.3 is 18.3 Å². The number of carbonyl (C=O) groups excluding carboxylic acids is 1. The molecule has 162 valence electrons. The number of hydrogen-bond donors (Lipinski definition) is 3. The molecule has 2 atom stereocenters. The van der Waals surface area contributed by atoms with Gasteiger partial charge in [-0.1, -0.05) is 18.2 Å². The van der Waals surface area contributed by atoms with Gasteiger partial charge in [0, 0.05) is 11.4 Å². The third kappa shape index (κ3) is 4.32. The Kier molecular flexibility index (Phi) is 5.30. The number of hydrogen-bond acceptors (Lipinski definition) is 3. The second-order valence-corrected chi connectivity index (χ2v) is 7.50. The summed E-state index contributed by atoms with van der Waals surface area (Å²) in [5.74, 6) is 0.0739. The lowest BCUT2D eigenvalue weighted by Crippen LogP contribution is -2.36. The van der Waals surface area contributed by atoms with Crippen molar-refractivity contribution < 1.29 is 27.9 Å². The van der Waals surface area contributed by atoms with Crippen LogP contribution in [-0.4, -0.2) is 33.1 Å². The summed E-state index contributed by atoms with van der Waals surface area (Å²) < 4.78 is 39.0. The summed E-state index contributed by atoms with van der Waals surface area (Å²) in [5, 5.41) is 19.1. The van der Waals surface area contributed by atoms with Gasteiger partial charge in [0.25, 0.3) is 0 Å². The van der Waals surface area contributed by atoms with Gasteiger partial charge in [-0.3, -0.25) is 0 Å². The van der Waals surface area contributed by atoms with Crippen molar-refractivity contribution in [1.29, 1.82) is 0 Å². The summed E-state index contributed by atoms with van der Waals surface area (Å²) in [6.07, 6.45) is -2.12. The number of anilines is 1. The van der Waals surface area contributed by atoms with E-state index >= 15 is 0 Å². The number of benzene rings is 2. The van der Waals surface area contributed by atoms with Gasteiger partial charge in [-0.2, -0.15) is 23.0 Å². The maximum atomic E-state index is 12.7. The molecule has 2 unspecified atom stereocenters. The summed E-state index contributed by atoms with van der Waals surface area (Å²) in [6, 6.07) is 9.46. The molecule has 1 aromatic heterocycles. The molecule has 0 aliphatic heterocycles. The van der Waals surface area contributed by atoms with Crippen LogP contribution in [-0.2, 0) is 6.18 Å². The first-order chi connectivity index (χ1) is 14.7. The van der Waals surface area contributed by atoms with E-state index in [4.69, 9.17) is 5.11 Å². The molecule has 31 heavy (non-hydrogen) atoms. The molecule has 1 fully saturated rings. The highest BCUT2D eigenvalue weighted by Gasteiger charge is 2.31. The predicted molar refractivity (Wildman–Crippen MR) is 107 cm³/mol. The second-order valence-electron chi connectivity index (χ2n) is 7.50. The van der Waals surface area contributed by atoms with Crippen LogP contribution in [0.1, 0.15) is 36.3 Å². The van der Waals surface area contributed by atoms with E-state index in [2.05, 4.69) is 15.7 Å². The van der Waals surface area contributed by atoms with Crippen LogP contribution in [0.2, 0.25) is 0 Å². The number of nitrogens with zero attached hydrogens (tertiary/aromatic N) is 2. The summed E-state index contributed by atoms with van der Waals surface area (Å²) in [4.78, 5) is 23.7. The maximum absolute atomic E-state index is 12.7. The Morgan fingerprint density at radius 2 is 1.84 bits per heavy atom. The molecule has 0 saturated heterocycles. The van der Waals surface area contributed by atoms with E-state index in [9.17, 15) is 22.8 Å². The maximum Gasteiger partial charge on any atom is 0.432 e. The Bertz CT molecular complexity index is 1130. The number of aromatic nitrogens is 2. The Hall–Kier alpha value is -3.56. The number of carbonyl (C=O) groups is 2. The normalized spacial score (nSPS) is 18.8. The van der Waals surface area contributed by atoms with Crippen molar-refractivity contribution in [3.05, 3.63) is 59.8 Å². The summed E-state index contributed by atoms with van der Waals surface area (Å²) >= 11 is 0. The van der Waals surface area contributed by atoms with Crippen molar-refractivity contribution in [3.8, 4) is 0 Å². The number of alkyl halides is 3. The predicted octanol–water partition coefficient (Wildman–Crippen LogP) is 5.04. The van der Waals surface area contributed by atoms with E-state index in [0.717, 1.165) is 28.8 Å². The van der Waals surface area contributed by atoms with Crippen LogP contribution in [0, 0.1) is 0 Å². The molecule has 3 aromatic rings. The van der Waals surface area contributed by atoms with Crippen LogP contribution in [0.4, 0.5) is 28.4 Å². The van der Waals surface area contributed by atoms with E-state index < -0.39 is 23.9 Å². The molecule has 1 heterocycles. The van der Waals surface area contributed by atoms with Gasteiger partial charge in [-0.15, -0.1) is 0 Å². The highest BCUT2D eigenvalue weighted by atomic mass is 19.4. The topological polar surface area (TPSA) is 96.2 Å². The Labute approximate surface area is 174 Å². The van der Waals surface area contributed by atoms with E-state index in [1.54, 1.807) is 18.2 Å². The molecule has 1 aliphatic carbocycles. The Morgan fingerprint density at radius 3 is 2.52 bits per heavy atom. The van der Waals surface area contributed by atoms with Crippen molar-refractivity contribution in [2.45, 2.75) is 37.4 Å². The first-order valence-corrected chi connectivity index (χ1v) is 9.67. The quantitative estimate of drug-likeness (QED) is 0.540. The fourth-order valence-electron chi connectivity index (χ4n) is 4.02. The fourth-order valence-corrected chi connectivity index (χ4v) is 4.02. The average molecular weight is 432 g/mol. The molecule has 3 N–H and O–H groups in total. The minimum absolute atomic E-state index is 0.0739. The van der Waals surface area contributed by atoms with E-state index in [1.807, 2.05) is 0 Å². The summed E-state index contributed by atoms with van der Waals surface area (Å²) in [6.45, 7) is 0. The molecule has 0 radical (unpaired) electrons. The van der Waals surface area contributed by atoms with Gasteiger partial charge in [0.2, 0.25) is 0 Å². The Morgan fingerprint density at radius 1 is 1.10 bits per heavy atom. The van der Waals surface area contributed by atoms with E-state index in [0.29, 0.717) is 29.4 Å². The molecular weight excluding hydrogens is 413 g/mol. The van der Waals surface area contributed by atoms with Gasteiger partial charge < -0.3 is 15.7 Å². The average Bonchev–Trinajstić information content (AvgIpc) is 3.35. The number of halogens is 3. The molecule has 1 saturated carbocycles. The zero-order valence-corrected chi connectivity index (χ0v) is 16.2. The lowest BCUT2D eigenvalue weighted by molar-refractivity contribution is -0.137. The van der Waals surface area contributed by atoms with Crippen molar-refractivity contribution >= 4 is 28.7 Å². The fraction of sp³-hybridized carbons (Fsp3) is 0.286. The van der Waals surface area contributed by atoms with Crippen molar-refractivity contribution in [2.24, 2.45) is 0 Å². The van der Waals surface area contributed by atoms with Crippen LogP contribution in [0.5, 0.6) is 0 Å². The summed E-state index contributed by atoms with van der Waals surface area (Å²) in [7, 11) is 0. The number of rotatable bonds is 3. The summed E-state index contributed by atoms with van der Waals surface area (Å²) in [5.41, 5.74) is 0.931. The first kappa shape index (κ1) is 20.7. The molecule has 4 rings (SSSR count). The van der Waals surface area contributed by atoms with Gasteiger partial charge in [0.1, 0.15) is 0 Å². The van der Waals surface area contributed by atoms with Crippen molar-refractivity contribution in [1.82, 2.24) is 15.1 Å². The minimum Gasteiger partial charge on any atom is -0.463 e. The molecule has 0 spiro atoms. The third-order valence-electron chi connectivity index (χ3n) is 5.52.